The molecule has 0 fully saturated rings. The van der Waals surface area contributed by atoms with Crippen molar-refractivity contribution in [1.82, 2.24) is 5.32 Å². The zero-order valence-electron chi connectivity index (χ0n) is 11.2. The first-order chi connectivity index (χ1) is 10.2. The second-order valence-corrected chi connectivity index (χ2v) is 4.39. The number of carbonyl (C=O) groups excluding carboxylic acids is 2. The number of ether oxygens (including phenoxy) is 1. The highest BCUT2D eigenvalue weighted by Crippen LogP contribution is 2.15. The van der Waals surface area contributed by atoms with E-state index in [2.05, 4.69) is 5.32 Å². The van der Waals surface area contributed by atoms with E-state index in [1.165, 1.54) is 6.07 Å². The minimum absolute atomic E-state index is 0.145. The zero-order chi connectivity index (χ0) is 15.1. The van der Waals surface area contributed by atoms with Crippen molar-refractivity contribution in [3.8, 4) is 5.75 Å². The smallest absolute Gasteiger partial charge is 0.258 e. The number of benzene rings is 2. The summed E-state index contributed by atoms with van der Waals surface area (Å²) in [6.45, 7) is 0.153. The quantitative estimate of drug-likeness (QED) is 0.830. The van der Waals surface area contributed by atoms with Crippen molar-refractivity contribution in [2.75, 3.05) is 6.61 Å². The van der Waals surface area contributed by atoms with Crippen LogP contribution in [-0.2, 0) is 11.3 Å². The Balaban J connectivity index is 1.84. The van der Waals surface area contributed by atoms with Crippen molar-refractivity contribution in [2.45, 2.75) is 6.54 Å². The fourth-order valence-electron chi connectivity index (χ4n) is 1.73. The fraction of sp³-hybridized carbons (Fsp3) is 0.125. The largest absolute Gasteiger partial charge is 0.484 e. The molecule has 0 unspecified atom stereocenters. The van der Waals surface area contributed by atoms with Crippen LogP contribution in [0.25, 0.3) is 0 Å². The summed E-state index contributed by atoms with van der Waals surface area (Å²) in [6, 6.07) is 13.0. The standard InChI is InChI=1S/C16H14FNO3/c17-14-6-13(10-19)7-15(8-14)21-11-16(20)18-9-12-4-2-1-3-5-12/h1-8,10H,9,11H2,(H,18,20). The third-order valence-corrected chi connectivity index (χ3v) is 2.73. The molecule has 4 nitrogen and oxygen atoms in total. The van der Waals surface area contributed by atoms with Crippen LogP contribution >= 0.6 is 0 Å². The van der Waals surface area contributed by atoms with Crippen molar-refractivity contribution < 1.29 is 18.7 Å². The molecular weight excluding hydrogens is 273 g/mol. The molecule has 0 radical (unpaired) electrons. The van der Waals surface area contributed by atoms with Crippen LogP contribution in [0.1, 0.15) is 15.9 Å². The van der Waals surface area contributed by atoms with E-state index in [1.807, 2.05) is 30.3 Å². The molecule has 0 aliphatic heterocycles. The Morgan fingerprint density at radius 1 is 1.19 bits per heavy atom. The van der Waals surface area contributed by atoms with Crippen LogP contribution in [-0.4, -0.2) is 18.8 Å². The lowest BCUT2D eigenvalue weighted by atomic mass is 10.2. The lowest BCUT2D eigenvalue weighted by Crippen LogP contribution is -2.28. The number of aldehydes is 1. The Labute approximate surface area is 121 Å². The second kappa shape index (κ2) is 7.19. The minimum atomic E-state index is -0.584. The van der Waals surface area contributed by atoms with Crippen molar-refractivity contribution in [2.24, 2.45) is 0 Å². The summed E-state index contributed by atoms with van der Waals surface area (Å²) in [7, 11) is 0. The van der Waals surface area contributed by atoms with Crippen molar-refractivity contribution >= 4 is 12.2 Å². The van der Waals surface area contributed by atoms with Crippen LogP contribution in [0, 0.1) is 5.82 Å². The number of rotatable bonds is 6. The molecular formula is C16H14FNO3. The lowest BCUT2D eigenvalue weighted by molar-refractivity contribution is -0.123. The molecule has 0 aromatic heterocycles. The van der Waals surface area contributed by atoms with Crippen molar-refractivity contribution in [3.63, 3.8) is 0 Å². The lowest BCUT2D eigenvalue weighted by Gasteiger charge is -2.08. The molecule has 0 aliphatic carbocycles. The number of nitrogens with one attached hydrogen (secondary N) is 1. The highest BCUT2D eigenvalue weighted by molar-refractivity contribution is 5.78. The van der Waals surface area contributed by atoms with Gasteiger partial charge in [-0.05, 0) is 17.7 Å². The third kappa shape index (κ3) is 4.72. The van der Waals surface area contributed by atoms with Gasteiger partial charge in [-0.3, -0.25) is 9.59 Å². The summed E-state index contributed by atoms with van der Waals surface area (Å²) >= 11 is 0. The van der Waals surface area contributed by atoms with E-state index in [1.54, 1.807) is 0 Å². The molecule has 0 saturated heterocycles. The Kier molecular flexibility index (Phi) is 5.04. The van der Waals surface area contributed by atoms with Gasteiger partial charge >= 0.3 is 0 Å². The molecule has 108 valence electrons. The van der Waals surface area contributed by atoms with Crippen LogP contribution in [0.2, 0.25) is 0 Å². The summed E-state index contributed by atoms with van der Waals surface area (Å²) in [6.07, 6.45) is 0.519. The molecule has 21 heavy (non-hydrogen) atoms. The molecule has 0 spiro atoms. The predicted octanol–water partition coefficient (Wildman–Crippen LogP) is 2.33. The van der Waals surface area contributed by atoms with E-state index in [0.29, 0.717) is 12.8 Å². The maximum atomic E-state index is 13.2. The topological polar surface area (TPSA) is 55.4 Å². The highest BCUT2D eigenvalue weighted by atomic mass is 19.1. The van der Waals surface area contributed by atoms with Crippen LogP contribution in [0.15, 0.2) is 48.5 Å². The maximum absolute atomic E-state index is 13.2. The molecule has 5 heteroatoms. The van der Waals surface area contributed by atoms with E-state index in [9.17, 15) is 14.0 Å². The van der Waals surface area contributed by atoms with Crippen molar-refractivity contribution in [3.05, 3.63) is 65.5 Å². The van der Waals surface area contributed by atoms with Gasteiger partial charge in [0.2, 0.25) is 0 Å². The summed E-state index contributed by atoms with van der Waals surface area (Å²) in [5, 5.41) is 2.69. The van der Waals surface area contributed by atoms with Gasteiger partial charge < -0.3 is 10.1 Å². The first-order valence-electron chi connectivity index (χ1n) is 6.36. The molecule has 0 saturated carbocycles. The van der Waals surface area contributed by atoms with Gasteiger partial charge in [0.05, 0.1) is 0 Å². The van der Waals surface area contributed by atoms with E-state index in [4.69, 9.17) is 4.74 Å². The average Bonchev–Trinajstić information content (AvgIpc) is 2.51. The fourth-order valence-corrected chi connectivity index (χ4v) is 1.73. The second-order valence-electron chi connectivity index (χ2n) is 4.39. The Hall–Kier alpha value is -2.69. The third-order valence-electron chi connectivity index (χ3n) is 2.73. The van der Waals surface area contributed by atoms with Gasteiger partial charge in [0.15, 0.2) is 6.61 Å². The first-order valence-corrected chi connectivity index (χ1v) is 6.36. The highest BCUT2D eigenvalue weighted by Gasteiger charge is 2.05. The minimum Gasteiger partial charge on any atom is -0.484 e. The Morgan fingerprint density at radius 2 is 1.95 bits per heavy atom. The zero-order valence-corrected chi connectivity index (χ0v) is 11.2. The Bertz CT molecular complexity index is 629. The molecule has 0 aliphatic rings. The number of halogens is 1. The number of hydrogen-bond acceptors (Lipinski definition) is 3. The summed E-state index contributed by atoms with van der Waals surface area (Å²) in [4.78, 5) is 22.2. The molecule has 2 aromatic carbocycles. The predicted molar refractivity (Wildman–Crippen MR) is 75.6 cm³/mol. The molecule has 0 atom stereocenters. The number of amides is 1. The van der Waals surface area contributed by atoms with Crippen LogP contribution in [0.5, 0.6) is 5.75 Å². The molecule has 2 aromatic rings. The SMILES string of the molecule is O=Cc1cc(F)cc(OCC(=O)NCc2ccccc2)c1. The van der Waals surface area contributed by atoms with E-state index >= 15 is 0 Å². The number of hydrogen-bond donors (Lipinski definition) is 1. The molecule has 1 amide bonds. The van der Waals surface area contributed by atoms with E-state index in [-0.39, 0.29) is 23.8 Å². The maximum Gasteiger partial charge on any atom is 0.258 e. The monoisotopic (exact) mass is 287 g/mol. The first kappa shape index (κ1) is 14.7. The van der Waals surface area contributed by atoms with Gasteiger partial charge in [0.1, 0.15) is 17.9 Å². The summed E-state index contributed by atoms with van der Waals surface area (Å²) in [5.74, 6) is -0.762. The van der Waals surface area contributed by atoms with Crippen LogP contribution in [0.4, 0.5) is 4.39 Å². The molecule has 2 rings (SSSR count). The van der Waals surface area contributed by atoms with Gasteiger partial charge in [-0.2, -0.15) is 0 Å². The average molecular weight is 287 g/mol. The van der Waals surface area contributed by atoms with Gasteiger partial charge in [0.25, 0.3) is 5.91 Å². The van der Waals surface area contributed by atoms with Crippen molar-refractivity contribution in [1.29, 1.82) is 0 Å². The van der Waals surface area contributed by atoms with E-state index in [0.717, 1.165) is 17.7 Å². The van der Waals surface area contributed by atoms with E-state index < -0.39 is 5.82 Å². The van der Waals surface area contributed by atoms with Gasteiger partial charge in [0, 0.05) is 18.2 Å². The molecule has 1 N–H and O–H groups in total. The molecule has 0 heterocycles. The van der Waals surface area contributed by atoms with Gasteiger partial charge in [-0.25, -0.2) is 4.39 Å². The Morgan fingerprint density at radius 3 is 2.67 bits per heavy atom. The van der Waals surface area contributed by atoms with Crippen LogP contribution < -0.4 is 10.1 Å². The normalized spacial score (nSPS) is 9.95. The summed E-state index contributed by atoms with van der Waals surface area (Å²) < 4.78 is 18.3. The molecule has 0 bridgehead atoms. The van der Waals surface area contributed by atoms with Gasteiger partial charge in [-0.1, -0.05) is 30.3 Å². The van der Waals surface area contributed by atoms with Crippen LogP contribution in [0.3, 0.4) is 0 Å². The summed E-state index contributed by atoms with van der Waals surface area (Å²) in [5.41, 5.74) is 1.13. The van der Waals surface area contributed by atoms with Gasteiger partial charge in [-0.15, -0.1) is 0 Å². The number of carbonyl (C=O) groups is 2.